The molecule has 0 fully saturated rings. The number of carbonyl (C=O) groups is 1. The van der Waals surface area contributed by atoms with Gasteiger partial charge in [-0.1, -0.05) is 60.2 Å². The molecule has 3 heteroatoms. The van der Waals surface area contributed by atoms with Crippen LogP contribution < -0.4 is 5.32 Å². The molecule has 0 heterocycles. The average Bonchev–Trinajstić information content (AvgIpc) is 2.53. The first-order chi connectivity index (χ1) is 10.6. The number of carbonyl (C=O) groups excluding carboxylic acids is 1. The van der Waals surface area contributed by atoms with Crippen LogP contribution in [0.2, 0.25) is 0 Å². The van der Waals surface area contributed by atoms with Gasteiger partial charge in [-0.25, -0.2) is 0 Å². The van der Waals surface area contributed by atoms with E-state index >= 15 is 0 Å². The van der Waals surface area contributed by atoms with Crippen LogP contribution in [0, 0.1) is 6.92 Å². The summed E-state index contributed by atoms with van der Waals surface area (Å²) in [7, 11) is 0. The summed E-state index contributed by atoms with van der Waals surface area (Å²) < 4.78 is 0. The first-order valence-electron chi connectivity index (χ1n) is 7.62. The fraction of sp³-hybridized carbons (Fsp3) is 0.316. The van der Waals surface area contributed by atoms with Crippen LogP contribution in [0.5, 0.6) is 0 Å². The zero-order chi connectivity index (χ0) is 15.9. The Labute approximate surface area is 132 Å². The molecule has 2 N–H and O–H groups in total. The molecule has 0 radical (unpaired) electrons. The Morgan fingerprint density at radius 2 is 1.86 bits per heavy atom. The van der Waals surface area contributed by atoms with Gasteiger partial charge in [-0.05, 0) is 25.0 Å². The summed E-state index contributed by atoms with van der Waals surface area (Å²) in [5.74, 6) is -0.276. The molecule has 0 aliphatic carbocycles. The lowest BCUT2D eigenvalue weighted by Crippen LogP contribution is -2.35. The predicted octanol–water partition coefficient (Wildman–Crippen LogP) is 2.82. The smallest absolute Gasteiger partial charge is 0.227 e. The van der Waals surface area contributed by atoms with Crippen LogP contribution in [0.3, 0.4) is 0 Å². The summed E-state index contributed by atoms with van der Waals surface area (Å²) >= 11 is 0. The highest BCUT2D eigenvalue weighted by atomic mass is 16.3. The highest BCUT2D eigenvalue weighted by Crippen LogP contribution is 2.16. The van der Waals surface area contributed by atoms with Crippen molar-refractivity contribution in [3.8, 4) is 0 Å². The molecule has 0 aliphatic rings. The molecule has 2 aromatic rings. The largest absolute Gasteiger partial charge is 0.391 e. The fourth-order valence-electron chi connectivity index (χ4n) is 2.42. The van der Waals surface area contributed by atoms with E-state index in [4.69, 9.17) is 0 Å². The summed E-state index contributed by atoms with van der Waals surface area (Å²) in [6.45, 7) is 4.16. The van der Waals surface area contributed by atoms with Gasteiger partial charge in [0.15, 0.2) is 0 Å². The molecule has 0 spiro atoms. The lowest BCUT2D eigenvalue weighted by molar-refractivity contribution is -0.122. The number of aliphatic hydroxyl groups is 1. The van der Waals surface area contributed by atoms with E-state index in [1.54, 1.807) is 0 Å². The van der Waals surface area contributed by atoms with Crippen LogP contribution in [0.1, 0.15) is 29.5 Å². The van der Waals surface area contributed by atoms with E-state index in [1.165, 1.54) is 0 Å². The standard InChI is InChI=1S/C19H23NO2/c1-14-7-6-10-17(11-14)15(2)19(22)20-13-18(21)12-16-8-4-3-5-9-16/h3-11,15,18,21H,12-13H2,1-2H3,(H,20,22). The van der Waals surface area contributed by atoms with Crippen molar-refractivity contribution in [1.29, 1.82) is 0 Å². The van der Waals surface area contributed by atoms with Crippen molar-refractivity contribution in [2.75, 3.05) is 6.54 Å². The van der Waals surface area contributed by atoms with Gasteiger partial charge in [0.25, 0.3) is 0 Å². The van der Waals surface area contributed by atoms with E-state index in [2.05, 4.69) is 5.32 Å². The zero-order valence-electron chi connectivity index (χ0n) is 13.1. The molecule has 0 saturated heterocycles. The van der Waals surface area contributed by atoms with Gasteiger partial charge in [-0.15, -0.1) is 0 Å². The Kier molecular flexibility index (Phi) is 5.73. The van der Waals surface area contributed by atoms with Gasteiger partial charge in [0.1, 0.15) is 0 Å². The number of aliphatic hydroxyl groups excluding tert-OH is 1. The highest BCUT2D eigenvalue weighted by molar-refractivity contribution is 5.83. The summed E-state index contributed by atoms with van der Waals surface area (Å²) in [4.78, 5) is 12.2. The van der Waals surface area contributed by atoms with Gasteiger partial charge in [-0.2, -0.15) is 0 Å². The van der Waals surface area contributed by atoms with Crippen LogP contribution in [0.25, 0.3) is 0 Å². The molecule has 2 atom stereocenters. The lowest BCUT2D eigenvalue weighted by atomic mass is 9.98. The molecule has 0 aliphatic heterocycles. The first-order valence-corrected chi connectivity index (χ1v) is 7.62. The maximum Gasteiger partial charge on any atom is 0.227 e. The minimum Gasteiger partial charge on any atom is -0.391 e. The molecule has 0 bridgehead atoms. The third kappa shape index (κ3) is 4.71. The molecular formula is C19H23NO2. The third-order valence-electron chi connectivity index (χ3n) is 3.76. The Balaban J connectivity index is 1.84. The number of hydrogen-bond donors (Lipinski definition) is 2. The number of hydrogen-bond acceptors (Lipinski definition) is 2. The molecular weight excluding hydrogens is 274 g/mol. The van der Waals surface area contributed by atoms with E-state index in [9.17, 15) is 9.90 Å². The SMILES string of the molecule is Cc1cccc(C(C)C(=O)NCC(O)Cc2ccccc2)c1. The van der Waals surface area contributed by atoms with E-state index < -0.39 is 6.10 Å². The molecule has 3 nitrogen and oxygen atoms in total. The van der Waals surface area contributed by atoms with Crippen LogP contribution in [-0.4, -0.2) is 23.7 Å². The topological polar surface area (TPSA) is 49.3 Å². The van der Waals surface area contributed by atoms with Crippen molar-refractivity contribution < 1.29 is 9.90 Å². The van der Waals surface area contributed by atoms with E-state index in [0.717, 1.165) is 16.7 Å². The highest BCUT2D eigenvalue weighted by Gasteiger charge is 2.16. The van der Waals surface area contributed by atoms with Gasteiger partial charge in [0, 0.05) is 13.0 Å². The maximum atomic E-state index is 12.2. The Morgan fingerprint density at radius 1 is 1.14 bits per heavy atom. The lowest BCUT2D eigenvalue weighted by Gasteiger charge is -2.16. The van der Waals surface area contributed by atoms with E-state index in [0.29, 0.717) is 6.42 Å². The third-order valence-corrected chi connectivity index (χ3v) is 3.76. The molecule has 22 heavy (non-hydrogen) atoms. The fourth-order valence-corrected chi connectivity index (χ4v) is 2.42. The Hall–Kier alpha value is -2.13. The van der Waals surface area contributed by atoms with Crippen molar-refractivity contribution in [2.24, 2.45) is 0 Å². The second kappa shape index (κ2) is 7.76. The van der Waals surface area contributed by atoms with Crippen LogP contribution in [-0.2, 0) is 11.2 Å². The molecule has 1 amide bonds. The first kappa shape index (κ1) is 16.2. The number of benzene rings is 2. The molecule has 2 rings (SSSR count). The summed E-state index contributed by atoms with van der Waals surface area (Å²) in [5, 5.41) is 12.9. The van der Waals surface area contributed by atoms with Crippen molar-refractivity contribution >= 4 is 5.91 Å². The minimum absolute atomic E-state index is 0.0577. The minimum atomic E-state index is -0.573. The van der Waals surface area contributed by atoms with Gasteiger partial charge in [0.05, 0.1) is 12.0 Å². The van der Waals surface area contributed by atoms with Crippen LogP contribution in [0.15, 0.2) is 54.6 Å². The monoisotopic (exact) mass is 297 g/mol. The quantitative estimate of drug-likeness (QED) is 0.861. The normalized spacial score (nSPS) is 13.4. The van der Waals surface area contributed by atoms with Crippen molar-refractivity contribution in [2.45, 2.75) is 32.3 Å². The molecule has 2 unspecified atom stereocenters. The van der Waals surface area contributed by atoms with E-state index in [-0.39, 0.29) is 18.4 Å². The van der Waals surface area contributed by atoms with Crippen molar-refractivity contribution in [3.05, 3.63) is 71.3 Å². The second-order valence-corrected chi connectivity index (χ2v) is 5.72. The molecule has 0 saturated carbocycles. The average molecular weight is 297 g/mol. The van der Waals surface area contributed by atoms with Crippen molar-refractivity contribution in [1.82, 2.24) is 5.32 Å². The van der Waals surface area contributed by atoms with Gasteiger partial charge < -0.3 is 10.4 Å². The van der Waals surface area contributed by atoms with Gasteiger partial charge in [-0.3, -0.25) is 4.79 Å². The van der Waals surface area contributed by atoms with E-state index in [1.807, 2.05) is 68.4 Å². The second-order valence-electron chi connectivity index (χ2n) is 5.72. The number of amides is 1. The van der Waals surface area contributed by atoms with Gasteiger partial charge >= 0.3 is 0 Å². The summed E-state index contributed by atoms with van der Waals surface area (Å²) in [6, 6.07) is 17.7. The van der Waals surface area contributed by atoms with Gasteiger partial charge in [0.2, 0.25) is 5.91 Å². The Bertz CT molecular complexity index is 610. The Morgan fingerprint density at radius 3 is 2.55 bits per heavy atom. The summed E-state index contributed by atoms with van der Waals surface area (Å²) in [6.07, 6.45) is -0.0315. The van der Waals surface area contributed by atoms with Crippen LogP contribution >= 0.6 is 0 Å². The molecule has 116 valence electrons. The number of aryl methyl sites for hydroxylation is 1. The molecule has 2 aromatic carbocycles. The number of rotatable bonds is 6. The summed E-state index contributed by atoms with van der Waals surface area (Å²) in [5.41, 5.74) is 3.20. The van der Waals surface area contributed by atoms with Crippen molar-refractivity contribution in [3.63, 3.8) is 0 Å². The maximum absolute atomic E-state index is 12.2. The number of nitrogens with one attached hydrogen (secondary N) is 1. The predicted molar refractivity (Wildman–Crippen MR) is 88.8 cm³/mol. The van der Waals surface area contributed by atoms with Crippen LogP contribution in [0.4, 0.5) is 0 Å². The zero-order valence-corrected chi connectivity index (χ0v) is 13.1. The molecule has 0 aromatic heterocycles.